The van der Waals surface area contributed by atoms with Gasteiger partial charge in [-0.3, -0.25) is 9.69 Å². The molecule has 0 saturated carbocycles. The van der Waals surface area contributed by atoms with Crippen molar-refractivity contribution in [3.05, 3.63) is 104 Å². The number of rotatable bonds is 6. The maximum absolute atomic E-state index is 13.5. The molecule has 1 amide bonds. The Kier molecular flexibility index (Phi) is 7.92. The van der Waals surface area contributed by atoms with Crippen LogP contribution in [0.25, 0.3) is 6.08 Å². The molecule has 4 rings (SSSR count). The molecule has 35 heavy (non-hydrogen) atoms. The first-order valence-corrected chi connectivity index (χ1v) is 12.6. The number of benzene rings is 3. The van der Waals surface area contributed by atoms with E-state index in [-0.39, 0.29) is 5.91 Å². The number of aliphatic imine (C=N–C) groups is 1. The Bertz CT molecular complexity index is 1380. The summed E-state index contributed by atoms with van der Waals surface area (Å²) in [6.45, 7) is 7.83. The first kappa shape index (κ1) is 25.4. The first-order valence-electron chi connectivity index (χ1n) is 10.6. The van der Waals surface area contributed by atoms with Gasteiger partial charge in [-0.2, -0.15) is 0 Å². The summed E-state index contributed by atoms with van der Waals surface area (Å²) in [6.07, 6.45) is 3.43. The van der Waals surface area contributed by atoms with Gasteiger partial charge in [-0.25, -0.2) is 4.99 Å². The van der Waals surface area contributed by atoms with Crippen LogP contribution in [0.2, 0.25) is 15.1 Å². The second-order valence-corrected chi connectivity index (χ2v) is 10.0. The minimum absolute atomic E-state index is 0.213. The van der Waals surface area contributed by atoms with Gasteiger partial charge in [0.05, 0.1) is 21.3 Å². The number of halogens is 3. The normalized spacial score (nSPS) is 15.8. The van der Waals surface area contributed by atoms with E-state index in [2.05, 4.69) is 6.58 Å². The van der Waals surface area contributed by atoms with Crippen LogP contribution in [-0.4, -0.2) is 17.7 Å². The van der Waals surface area contributed by atoms with Crippen LogP contribution in [0.1, 0.15) is 16.7 Å². The van der Waals surface area contributed by atoms with Gasteiger partial charge in [-0.1, -0.05) is 65.7 Å². The van der Waals surface area contributed by atoms with Crippen molar-refractivity contribution in [3.63, 3.8) is 0 Å². The van der Waals surface area contributed by atoms with E-state index in [1.807, 2.05) is 44.2 Å². The zero-order valence-corrected chi connectivity index (χ0v) is 22.1. The maximum atomic E-state index is 13.5. The third-order valence-electron chi connectivity index (χ3n) is 5.21. The van der Waals surface area contributed by atoms with Gasteiger partial charge in [-0.05, 0) is 84.8 Å². The number of hydrogen-bond donors (Lipinski definition) is 0. The van der Waals surface area contributed by atoms with E-state index in [1.54, 1.807) is 41.3 Å². The lowest BCUT2D eigenvalue weighted by molar-refractivity contribution is -0.113. The third-order valence-corrected chi connectivity index (χ3v) is 7.29. The molecular formula is C27H21Cl3N2O2S. The molecule has 0 atom stereocenters. The molecule has 0 radical (unpaired) electrons. The Hall–Kier alpha value is -2.70. The highest BCUT2D eigenvalue weighted by molar-refractivity contribution is 8.19. The summed E-state index contributed by atoms with van der Waals surface area (Å²) >= 11 is 20.3. The molecule has 0 bridgehead atoms. The lowest BCUT2D eigenvalue weighted by atomic mass is 10.2. The van der Waals surface area contributed by atoms with Crippen LogP contribution in [0.5, 0.6) is 5.75 Å². The molecular weight excluding hydrogens is 523 g/mol. The Morgan fingerprint density at radius 2 is 1.69 bits per heavy atom. The van der Waals surface area contributed by atoms with E-state index in [4.69, 9.17) is 44.5 Å². The van der Waals surface area contributed by atoms with Crippen LogP contribution in [0, 0.1) is 13.8 Å². The molecule has 1 aliphatic heterocycles. The SMILES string of the molecule is C=CCOc1ccc(/C=C2/SC(=Nc3ccc(C)c(Cl)c3)N(c3ccc(C)c(Cl)c3)C2=O)cc1Cl. The molecule has 3 aromatic carbocycles. The Morgan fingerprint density at radius 1 is 0.971 bits per heavy atom. The molecule has 0 aromatic heterocycles. The number of aryl methyl sites for hydroxylation is 2. The molecule has 0 spiro atoms. The molecule has 1 saturated heterocycles. The zero-order valence-electron chi connectivity index (χ0n) is 19.0. The van der Waals surface area contributed by atoms with E-state index in [9.17, 15) is 4.79 Å². The second kappa shape index (κ2) is 10.9. The van der Waals surface area contributed by atoms with Crippen molar-refractivity contribution in [3.8, 4) is 5.75 Å². The third kappa shape index (κ3) is 5.76. The maximum Gasteiger partial charge on any atom is 0.271 e. The van der Waals surface area contributed by atoms with Crippen LogP contribution >= 0.6 is 46.6 Å². The van der Waals surface area contributed by atoms with E-state index < -0.39 is 0 Å². The fraction of sp³-hybridized carbons (Fsp3) is 0.111. The molecule has 0 unspecified atom stereocenters. The van der Waals surface area contributed by atoms with E-state index >= 15 is 0 Å². The Morgan fingerprint density at radius 3 is 2.34 bits per heavy atom. The summed E-state index contributed by atoms with van der Waals surface area (Å²) in [7, 11) is 0. The van der Waals surface area contributed by atoms with Crippen molar-refractivity contribution < 1.29 is 9.53 Å². The predicted molar refractivity (Wildman–Crippen MR) is 150 cm³/mol. The molecule has 1 heterocycles. The second-order valence-electron chi connectivity index (χ2n) is 7.80. The molecule has 178 valence electrons. The topological polar surface area (TPSA) is 41.9 Å². The van der Waals surface area contributed by atoms with Gasteiger partial charge in [0.15, 0.2) is 5.17 Å². The molecule has 1 fully saturated rings. The van der Waals surface area contributed by atoms with Gasteiger partial charge >= 0.3 is 0 Å². The van der Waals surface area contributed by atoms with Gasteiger partial charge in [0, 0.05) is 10.0 Å². The summed E-state index contributed by atoms with van der Waals surface area (Å²) in [5, 5.41) is 2.12. The first-order chi connectivity index (χ1) is 16.8. The number of anilines is 1. The largest absolute Gasteiger partial charge is 0.488 e. The highest BCUT2D eigenvalue weighted by Gasteiger charge is 2.35. The summed E-state index contributed by atoms with van der Waals surface area (Å²) < 4.78 is 5.54. The van der Waals surface area contributed by atoms with Crippen LogP contribution in [0.3, 0.4) is 0 Å². The van der Waals surface area contributed by atoms with Crippen molar-refractivity contribution in [2.24, 2.45) is 4.99 Å². The van der Waals surface area contributed by atoms with Gasteiger partial charge in [0.1, 0.15) is 12.4 Å². The van der Waals surface area contributed by atoms with Crippen molar-refractivity contribution >= 4 is 75.1 Å². The minimum Gasteiger partial charge on any atom is -0.488 e. The van der Waals surface area contributed by atoms with E-state index in [1.165, 1.54) is 11.8 Å². The summed E-state index contributed by atoms with van der Waals surface area (Å²) in [4.78, 5) is 20.3. The number of carbonyl (C=O) groups excluding carboxylic acids is 1. The molecule has 0 aliphatic carbocycles. The number of carbonyl (C=O) groups is 1. The van der Waals surface area contributed by atoms with Crippen LogP contribution in [0.15, 0.2) is 77.1 Å². The van der Waals surface area contributed by atoms with E-state index in [0.29, 0.717) is 48.9 Å². The number of amides is 1. The van der Waals surface area contributed by atoms with Crippen molar-refractivity contribution in [1.29, 1.82) is 0 Å². The average molecular weight is 544 g/mol. The molecule has 4 nitrogen and oxygen atoms in total. The Labute approximate surface area is 223 Å². The summed E-state index contributed by atoms with van der Waals surface area (Å²) in [5.41, 5.74) is 3.91. The number of ether oxygens (including phenoxy) is 1. The number of nitrogens with zero attached hydrogens (tertiary/aromatic N) is 2. The predicted octanol–water partition coefficient (Wildman–Crippen LogP) is 8.64. The van der Waals surface area contributed by atoms with Crippen molar-refractivity contribution in [2.75, 3.05) is 11.5 Å². The summed E-state index contributed by atoms with van der Waals surface area (Å²) in [5.74, 6) is 0.337. The van der Waals surface area contributed by atoms with Crippen LogP contribution in [0.4, 0.5) is 11.4 Å². The molecule has 8 heteroatoms. The monoisotopic (exact) mass is 542 g/mol. The quantitative estimate of drug-likeness (QED) is 0.231. The van der Waals surface area contributed by atoms with Gasteiger partial charge in [0.2, 0.25) is 0 Å². The molecule has 3 aromatic rings. The standard InChI is InChI=1S/C27H21Cl3N2O2S/c1-4-11-34-24-10-7-18(12-23(24)30)13-25-26(33)32(20-9-6-17(3)22(29)15-20)27(35-25)31-19-8-5-16(2)21(28)14-19/h4-10,12-15H,1,11H2,2-3H3/b25-13+,31-27?. The molecule has 0 N–H and O–H groups in total. The zero-order chi connectivity index (χ0) is 25.1. The van der Waals surface area contributed by atoms with E-state index in [0.717, 1.165) is 16.7 Å². The Balaban J connectivity index is 1.75. The highest BCUT2D eigenvalue weighted by atomic mass is 35.5. The minimum atomic E-state index is -0.213. The highest BCUT2D eigenvalue weighted by Crippen LogP contribution is 2.39. The summed E-state index contributed by atoms with van der Waals surface area (Å²) in [6, 6.07) is 16.4. The van der Waals surface area contributed by atoms with Crippen LogP contribution < -0.4 is 9.64 Å². The van der Waals surface area contributed by atoms with Gasteiger partial charge in [0.25, 0.3) is 5.91 Å². The van der Waals surface area contributed by atoms with Crippen LogP contribution in [-0.2, 0) is 4.79 Å². The number of amidine groups is 1. The number of thioether (sulfide) groups is 1. The fourth-order valence-corrected chi connectivity index (χ4v) is 4.88. The van der Waals surface area contributed by atoms with Gasteiger partial charge in [-0.15, -0.1) is 0 Å². The average Bonchev–Trinajstić information content (AvgIpc) is 3.12. The number of hydrogen-bond acceptors (Lipinski definition) is 4. The lowest BCUT2D eigenvalue weighted by Gasteiger charge is -2.16. The lowest BCUT2D eigenvalue weighted by Crippen LogP contribution is -2.28. The van der Waals surface area contributed by atoms with Crippen molar-refractivity contribution in [2.45, 2.75) is 13.8 Å². The fourth-order valence-electron chi connectivity index (χ4n) is 3.28. The smallest absolute Gasteiger partial charge is 0.271 e. The molecule has 1 aliphatic rings. The van der Waals surface area contributed by atoms with Crippen molar-refractivity contribution in [1.82, 2.24) is 0 Å². The van der Waals surface area contributed by atoms with Gasteiger partial charge < -0.3 is 4.74 Å².